The van der Waals surface area contributed by atoms with E-state index >= 15 is 0 Å². The van der Waals surface area contributed by atoms with Crippen molar-refractivity contribution in [2.45, 2.75) is 32.7 Å². The molecule has 126 valence electrons. The van der Waals surface area contributed by atoms with Gasteiger partial charge in [-0.3, -0.25) is 9.59 Å². The molecule has 0 aliphatic rings. The molecule has 0 atom stereocenters. The van der Waals surface area contributed by atoms with E-state index in [2.05, 4.69) is 5.32 Å². The van der Waals surface area contributed by atoms with Crippen LogP contribution in [0.4, 0.5) is 0 Å². The van der Waals surface area contributed by atoms with E-state index in [4.69, 9.17) is 4.74 Å². The predicted molar refractivity (Wildman–Crippen MR) is 94.2 cm³/mol. The fourth-order valence-electron chi connectivity index (χ4n) is 2.42. The number of nitrogens with one attached hydrogen (secondary N) is 1. The van der Waals surface area contributed by atoms with Crippen molar-refractivity contribution >= 4 is 11.7 Å². The number of hydrogen-bond acceptors (Lipinski definition) is 3. The highest BCUT2D eigenvalue weighted by molar-refractivity contribution is 5.96. The topological polar surface area (TPSA) is 55.4 Å². The van der Waals surface area contributed by atoms with E-state index in [1.54, 1.807) is 31.4 Å². The van der Waals surface area contributed by atoms with Crippen molar-refractivity contribution in [3.05, 3.63) is 65.2 Å². The molecule has 4 heteroatoms. The Labute approximate surface area is 142 Å². The molecule has 1 amide bonds. The molecule has 0 aliphatic heterocycles. The van der Waals surface area contributed by atoms with Crippen LogP contribution in [0, 0.1) is 6.92 Å². The fraction of sp³-hybridized carbons (Fsp3) is 0.300. The van der Waals surface area contributed by atoms with Crippen LogP contribution in [0.25, 0.3) is 0 Å². The van der Waals surface area contributed by atoms with Crippen LogP contribution in [0.2, 0.25) is 0 Å². The number of ether oxygens (including phenoxy) is 1. The second kappa shape index (κ2) is 8.87. The first-order valence-corrected chi connectivity index (χ1v) is 8.08. The summed E-state index contributed by atoms with van der Waals surface area (Å²) in [5, 5.41) is 2.90. The van der Waals surface area contributed by atoms with Gasteiger partial charge in [0, 0.05) is 24.9 Å². The van der Waals surface area contributed by atoms with E-state index in [1.165, 1.54) is 0 Å². The third-order valence-corrected chi connectivity index (χ3v) is 3.96. The first-order chi connectivity index (χ1) is 11.6. The summed E-state index contributed by atoms with van der Waals surface area (Å²) in [4.78, 5) is 24.0. The van der Waals surface area contributed by atoms with Crippen LogP contribution in [-0.4, -0.2) is 18.8 Å². The van der Waals surface area contributed by atoms with Gasteiger partial charge in [-0.05, 0) is 48.7 Å². The Morgan fingerprint density at radius 3 is 2.38 bits per heavy atom. The normalized spacial score (nSPS) is 10.2. The van der Waals surface area contributed by atoms with Gasteiger partial charge >= 0.3 is 0 Å². The Hall–Kier alpha value is -2.62. The summed E-state index contributed by atoms with van der Waals surface area (Å²) in [5.41, 5.74) is 2.92. The molecule has 1 N–H and O–H groups in total. The van der Waals surface area contributed by atoms with Gasteiger partial charge in [-0.25, -0.2) is 0 Å². The van der Waals surface area contributed by atoms with E-state index in [0.717, 1.165) is 16.9 Å². The summed E-state index contributed by atoms with van der Waals surface area (Å²) in [5.74, 6) is 0.743. The van der Waals surface area contributed by atoms with Gasteiger partial charge in [0.05, 0.1) is 7.11 Å². The van der Waals surface area contributed by atoms with E-state index in [1.807, 2.05) is 31.2 Å². The zero-order valence-corrected chi connectivity index (χ0v) is 14.2. The molecule has 0 bridgehead atoms. The third-order valence-electron chi connectivity index (χ3n) is 3.96. The molecule has 0 unspecified atom stereocenters. The Morgan fingerprint density at radius 2 is 1.71 bits per heavy atom. The van der Waals surface area contributed by atoms with Crippen LogP contribution >= 0.6 is 0 Å². The summed E-state index contributed by atoms with van der Waals surface area (Å²) in [7, 11) is 1.59. The standard InChI is InChI=1S/C20H23NO3/c1-15-6-3-4-7-17(15)14-21-20(23)9-5-8-19(22)16-10-12-18(24-2)13-11-16/h3-4,6-7,10-13H,5,8-9,14H2,1-2H3,(H,21,23). The second-order valence-corrected chi connectivity index (χ2v) is 5.71. The van der Waals surface area contributed by atoms with Gasteiger partial charge in [0.15, 0.2) is 5.78 Å². The Morgan fingerprint density at radius 1 is 1.00 bits per heavy atom. The molecule has 2 aromatic rings. The van der Waals surface area contributed by atoms with Crippen molar-refractivity contribution in [2.75, 3.05) is 7.11 Å². The molecule has 0 saturated heterocycles. The van der Waals surface area contributed by atoms with Crippen LogP contribution in [0.5, 0.6) is 5.75 Å². The second-order valence-electron chi connectivity index (χ2n) is 5.71. The Bertz CT molecular complexity index is 692. The number of rotatable bonds is 8. The molecule has 0 heterocycles. The lowest BCUT2D eigenvalue weighted by molar-refractivity contribution is -0.121. The number of carbonyl (C=O) groups is 2. The average molecular weight is 325 g/mol. The fourth-order valence-corrected chi connectivity index (χ4v) is 2.42. The maximum Gasteiger partial charge on any atom is 0.220 e. The van der Waals surface area contributed by atoms with Crippen molar-refractivity contribution in [1.29, 1.82) is 0 Å². The summed E-state index contributed by atoms with van der Waals surface area (Å²) >= 11 is 0. The lowest BCUT2D eigenvalue weighted by atomic mass is 10.1. The lowest BCUT2D eigenvalue weighted by Crippen LogP contribution is -2.23. The highest BCUT2D eigenvalue weighted by atomic mass is 16.5. The first kappa shape index (κ1) is 17.7. The molecular formula is C20H23NO3. The molecule has 0 aliphatic carbocycles. The smallest absolute Gasteiger partial charge is 0.220 e. The van der Waals surface area contributed by atoms with Crippen molar-refractivity contribution in [3.63, 3.8) is 0 Å². The molecule has 0 radical (unpaired) electrons. The number of methoxy groups -OCH3 is 1. The summed E-state index contributed by atoms with van der Waals surface area (Å²) < 4.78 is 5.07. The largest absolute Gasteiger partial charge is 0.497 e. The molecule has 0 saturated carbocycles. The molecule has 2 rings (SSSR count). The quantitative estimate of drug-likeness (QED) is 0.753. The van der Waals surface area contributed by atoms with Gasteiger partial charge in [-0.15, -0.1) is 0 Å². The number of amides is 1. The molecule has 2 aromatic carbocycles. The summed E-state index contributed by atoms with van der Waals surface area (Å²) in [6.45, 7) is 2.55. The van der Waals surface area contributed by atoms with Crippen LogP contribution in [0.15, 0.2) is 48.5 Å². The van der Waals surface area contributed by atoms with E-state index in [0.29, 0.717) is 31.4 Å². The Kier molecular flexibility index (Phi) is 6.55. The minimum absolute atomic E-state index is 0.0271. The Balaban J connectivity index is 1.72. The van der Waals surface area contributed by atoms with Crippen molar-refractivity contribution < 1.29 is 14.3 Å². The first-order valence-electron chi connectivity index (χ1n) is 8.08. The summed E-state index contributed by atoms with van der Waals surface area (Å²) in [6.07, 6.45) is 1.27. The minimum atomic E-state index is -0.0271. The number of hydrogen-bond donors (Lipinski definition) is 1. The van der Waals surface area contributed by atoms with Crippen LogP contribution < -0.4 is 10.1 Å². The van der Waals surface area contributed by atoms with Gasteiger partial charge < -0.3 is 10.1 Å². The molecule has 24 heavy (non-hydrogen) atoms. The predicted octanol–water partition coefficient (Wildman–Crippen LogP) is 3.67. The highest BCUT2D eigenvalue weighted by Crippen LogP contribution is 2.14. The zero-order valence-electron chi connectivity index (χ0n) is 14.2. The zero-order chi connectivity index (χ0) is 17.4. The molecule has 4 nitrogen and oxygen atoms in total. The van der Waals surface area contributed by atoms with Gasteiger partial charge in [0.1, 0.15) is 5.75 Å². The highest BCUT2D eigenvalue weighted by Gasteiger charge is 2.08. The maximum absolute atomic E-state index is 12.1. The van der Waals surface area contributed by atoms with Crippen molar-refractivity contribution in [1.82, 2.24) is 5.32 Å². The molecule has 0 aromatic heterocycles. The SMILES string of the molecule is COc1ccc(C(=O)CCCC(=O)NCc2ccccc2C)cc1. The number of aryl methyl sites for hydroxylation is 1. The van der Waals surface area contributed by atoms with E-state index in [9.17, 15) is 9.59 Å². The number of Topliss-reactive ketones (excluding diaryl/α,β-unsaturated/α-hetero) is 1. The number of ketones is 1. The monoisotopic (exact) mass is 325 g/mol. The van der Waals surface area contributed by atoms with Gasteiger partial charge in [-0.1, -0.05) is 24.3 Å². The molecule has 0 spiro atoms. The number of carbonyl (C=O) groups excluding carboxylic acids is 2. The minimum Gasteiger partial charge on any atom is -0.497 e. The van der Waals surface area contributed by atoms with Crippen molar-refractivity contribution in [3.8, 4) is 5.75 Å². The van der Waals surface area contributed by atoms with Crippen LogP contribution in [0.1, 0.15) is 40.7 Å². The third kappa shape index (κ3) is 5.23. The van der Waals surface area contributed by atoms with Gasteiger partial charge in [0.2, 0.25) is 5.91 Å². The van der Waals surface area contributed by atoms with Gasteiger partial charge in [0.25, 0.3) is 0 Å². The van der Waals surface area contributed by atoms with E-state index in [-0.39, 0.29) is 11.7 Å². The maximum atomic E-state index is 12.1. The molecule has 0 fully saturated rings. The average Bonchev–Trinajstić information content (AvgIpc) is 2.61. The van der Waals surface area contributed by atoms with E-state index < -0.39 is 0 Å². The van der Waals surface area contributed by atoms with Crippen molar-refractivity contribution in [2.24, 2.45) is 0 Å². The molecular weight excluding hydrogens is 302 g/mol. The lowest BCUT2D eigenvalue weighted by Gasteiger charge is -2.08. The van der Waals surface area contributed by atoms with Crippen LogP contribution in [0.3, 0.4) is 0 Å². The van der Waals surface area contributed by atoms with Crippen LogP contribution in [-0.2, 0) is 11.3 Å². The summed E-state index contributed by atoms with van der Waals surface area (Å²) in [6, 6.07) is 15.0. The number of benzene rings is 2. The van der Waals surface area contributed by atoms with Gasteiger partial charge in [-0.2, -0.15) is 0 Å².